The summed E-state index contributed by atoms with van der Waals surface area (Å²) in [6.45, 7) is 0. The van der Waals surface area contributed by atoms with Gasteiger partial charge in [0.05, 0.1) is 27.9 Å². The molecule has 0 spiro atoms. The Morgan fingerprint density at radius 3 is 2.60 bits per heavy atom. The zero-order valence-electron chi connectivity index (χ0n) is 10.0. The number of nitriles is 1. The molecule has 0 aliphatic heterocycles. The molecule has 2 N–H and O–H groups in total. The van der Waals surface area contributed by atoms with E-state index < -0.39 is 5.91 Å². The van der Waals surface area contributed by atoms with Crippen molar-refractivity contribution in [3.63, 3.8) is 0 Å². The Balaban J connectivity index is 2.30. The van der Waals surface area contributed by atoms with E-state index in [1.165, 1.54) is 36.4 Å². The highest BCUT2D eigenvalue weighted by atomic mass is 35.5. The Kier molecular flexibility index (Phi) is 4.14. The highest BCUT2D eigenvalue weighted by molar-refractivity contribution is 6.34. The standard InChI is InChI=1S/C14H8Cl2N2O2/c15-9-2-3-10(13(19)6-9)14(20)18-12-5-8(7-17)1-4-11(12)16/h1-6,19H,(H,18,20). The molecular weight excluding hydrogens is 299 g/mol. The molecular formula is C14H8Cl2N2O2. The Bertz CT molecular complexity index is 724. The second kappa shape index (κ2) is 5.83. The number of hydrogen-bond acceptors (Lipinski definition) is 3. The fourth-order valence-electron chi connectivity index (χ4n) is 1.58. The second-order valence-corrected chi connectivity index (χ2v) is 4.77. The lowest BCUT2D eigenvalue weighted by Crippen LogP contribution is -2.12. The number of halogens is 2. The molecule has 0 radical (unpaired) electrons. The van der Waals surface area contributed by atoms with Gasteiger partial charge in [0.1, 0.15) is 5.75 Å². The van der Waals surface area contributed by atoms with Gasteiger partial charge in [-0.25, -0.2) is 0 Å². The quantitative estimate of drug-likeness (QED) is 0.885. The van der Waals surface area contributed by atoms with E-state index in [1.54, 1.807) is 0 Å². The molecule has 2 aromatic rings. The van der Waals surface area contributed by atoms with E-state index in [4.69, 9.17) is 28.5 Å². The van der Waals surface area contributed by atoms with Crippen molar-refractivity contribution < 1.29 is 9.90 Å². The number of hydrogen-bond donors (Lipinski definition) is 2. The predicted molar refractivity (Wildman–Crippen MR) is 77.2 cm³/mol. The van der Waals surface area contributed by atoms with Crippen LogP contribution in [0.4, 0.5) is 5.69 Å². The number of carbonyl (C=O) groups excluding carboxylic acids is 1. The molecule has 0 fully saturated rings. The molecule has 2 rings (SSSR count). The molecule has 0 bridgehead atoms. The van der Waals surface area contributed by atoms with Gasteiger partial charge in [-0.3, -0.25) is 4.79 Å². The normalized spacial score (nSPS) is 9.85. The summed E-state index contributed by atoms with van der Waals surface area (Å²) in [4.78, 5) is 12.0. The predicted octanol–water partition coefficient (Wildman–Crippen LogP) is 3.82. The van der Waals surface area contributed by atoms with Gasteiger partial charge in [-0.05, 0) is 36.4 Å². The van der Waals surface area contributed by atoms with Gasteiger partial charge in [0.25, 0.3) is 5.91 Å². The van der Waals surface area contributed by atoms with Gasteiger partial charge in [-0.1, -0.05) is 23.2 Å². The number of benzene rings is 2. The van der Waals surface area contributed by atoms with Crippen LogP contribution in [-0.4, -0.2) is 11.0 Å². The first-order valence-corrected chi connectivity index (χ1v) is 6.26. The highest BCUT2D eigenvalue weighted by Gasteiger charge is 2.13. The van der Waals surface area contributed by atoms with Crippen LogP contribution in [0.3, 0.4) is 0 Å². The van der Waals surface area contributed by atoms with E-state index in [1.807, 2.05) is 6.07 Å². The molecule has 0 unspecified atom stereocenters. The average molecular weight is 307 g/mol. The molecule has 4 nitrogen and oxygen atoms in total. The molecule has 0 aromatic heterocycles. The van der Waals surface area contributed by atoms with Crippen LogP contribution < -0.4 is 5.32 Å². The van der Waals surface area contributed by atoms with Crippen molar-refractivity contribution >= 4 is 34.8 Å². The zero-order valence-corrected chi connectivity index (χ0v) is 11.5. The Labute approximate surface area is 125 Å². The number of phenols is 1. The third kappa shape index (κ3) is 3.02. The van der Waals surface area contributed by atoms with Crippen molar-refractivity contribution in [1.82, 2.24) is 0 Å². The van der Waals surface area contributed by atoms with Crippen LogP contribution in [-0.2, 0) is 0 Å². The molecule has 0 aliphatic rings. The first kappa shape index (κ1) is 14.2. The van der Waals surface area contributed by atoms with Crippen molar-refractivity contribution in [2.24, 2.45) is 0 Å². The van der Waals surface area contributed by atoms with E-state index in [0.717, 1.165) is 0 Å². The Morgan fingerprint density at radius 2 is 1.95 bits per heavy atom. The number of nitrogens with zero attached hydrogens (tertiary/aromatic N) is 1. The molecule has 0 atom stereocenters. The van der Waals surface area contributed by atoms with Crippen molar-refractivity contribution in [3.05, 3.63) is 57.6 Å². The van der Waals surface area contributed by atoms with E-state index in [9.17, 15) is 9.90 Å². The van der Waals surface area contributed by atoms with Crippen LogP contribution >= 0.6 is 23.2 Å². The number of rotatable bonds is 2. The van der Waals surface area contributed by atoms with Gasteiger partial charge in [0.2, 0.25) is 0 Å². The van der Waals surface area contributed by atoms with Crippen molar-refractivity contribution in [1.29, 1.82) is 5.26 Å². The second-order valence-electron chi connectivity index (χ2n) is 3.92. The molecule has 2 aromatic carbocycles. The molecule has 0 saturated carbocycles. The summed E-state index contributed by atoms with van der Waals surface area (Å²) in [6.07, 6.45) is 0. The maximum absolute atomic E-state index is 12.0. The number of nitrogens with one attached hydrogen (secondary N) is 1. The lowest BCUT2D eigenvalue weighted by atomic mass is 10.1. The van der Waals surface area contributed by atoms with E-state index in [-0.39, 0.29) is 11.3 Å². The van der Waals surface area contributed by atoms with Gasteiger partial charge in [0.15, 0.2) is 0 Å². The molecule has 20 heavy (non-hydrogen) atoms. The minimum atomic E-state index is -0.545. The van der Waals surface area contributed by atoms with E-state index in [0.29, 0.717) is 21.3 Å². The summed E-state index contributed by atoms with van der Waals surface area (Å²) >= 11 is 11.6. The summed E-state index contributed by atoms with van der Waals surface area (Å²) in [7, 11) is 0. The van der Waals surface area contributed by atoms with Crippen molar-refractivity contribution in [2.75, 3.05) is 5.32 Å². The summed E-state index contributed by atoms with van der Waals surface area (Å²) in [6, 6.07) is 10.6. The molecule has 0 heterocycles. The van der Waals surface area contributed by atoms with Crippen LogP contribution in [0.5, 0.6) is 5.75 Å². The minimum Gasteiger partial charge on any atom is -0.507 e. The first-order chi connectivity index (χ1) is 9.51. The van der Waals surface area contributed by atoms with Gasteiger partial charge in [-0.2, -0.15) is 5.26 Å². The number of amides is 1. The molecule has 100 valence electrons. The molecule has 0 saturated heterocycles. The van der Waals surface area contributed by atoms with E-state index in [2.05, 4.69) is 5.32 Å². The minimum absolute atomic E-state index is 0.0628. The smallest absolute Gasteiger partial charge is 0.259 e. The Morgan fingerprint density at radius 1 is 1.20 bits per heavy atom. The van der Waals surface area contributed by atoms with Gasteiger partial charge in [-0.15, -0.1) is 0 Å². The topological polar surface area (TPSA) is 73.1 Å². The molecule has 0 aliphatic carbocycles. The maximum Gasteiger partial charge on any atom is 0.259 e. The molecule has 1 amide bonds. The van der Waals surface area contributed by atoms with Gasteiger partial charge in [0, 0.05) is 5.02 Å². The van der Waals surface area contributed by atoms with Gasteiger partial charge < -0.3 is 10.4 Å². The lowest BCUT2D eigenvalue weighted by Gasteiger charge is -2.09. The number of carbonyl (C=O) groups is 1. The fraction of sp³-hybridized carbons (Fsp3) is 0. The summed E-state index contributed by atoms with van der Waals surface area (Å²) in [5, 5.41) is 21.7. The summed E-state index contributed by atoms with van der Waals surface area (Å²) < 4.78 is 0. The van der Waals surface area contributed by atoms with Gasteiger partial charge >= 0.3 is 0 Å². The third-order valence-electron chi connectivity index (χ3n) is 2.55. The monoisotopic (exact) mass is 306 g/mol. The van der Waals surface area contributed by atoms with Crippen LogP contribution in [0.25, 0.3) is 0 Å². The maximum atomic E-state index is 12.0. The number of phenolic OH excluding ortho intramolecular Hbond substituents is 1. The van der Waals surface area contributed by atoms with Crippen LogP contribution in [0.2, 0.25) is 10.0 Å². The summed E-state index contributed by atoms with van der Waals surface area (Å²) in [5.41, 5.74) is 0.725. The SMILES string of the molecule is N#Cc1ccc(Cl)c(NC(=O)c2ccc(Cl)cc2O)c1. The lowest BCUT2D eigenvalue weighted by molar-refractivity contribution is 0.102. The summed E-state index contributed by atoms with van der Waals surface area (Å²) in [5.74, 6) is -0.779. The largest absolute Gasteiger partial charge is 0.507 e. The fourth-order valence-corrected chi connectivity index (χ4v) is 1.91. The highest BCUT2D eigenvalue weighted by Crippen LogP contribution is 2.26. The average Bonchev–Trinajstić information content (AvgIpc) is 2.41. The zero-order chi connectivity index (χ0) is 14.7. The van der Waals surface area contributed by atoms with Crippen LogP contribution in [0.15, 0.2) is 36.4 Å². The van der Waals surface area contributed by atoms with Crippen molar-refractivity contribution in [3.8, 4) is 11.8 Å². The third-order valence-corrected chi connectivity index (χ3v) is 3.11. The van der Waals surface area contributed by atoms with E-state index >= 15 is 0 Å². The molecule has 6 heteroatoms. The van der Waals surface area contributed by atoms with Crippen LogP contribution in [0, 0.1) is 11.3 Å². The number of aromatic hydroxyl groups is 1. The first-order valence-electron chi connectivity index (χ1n) is 5.51. The van der Waals surface area contributed by atoms with Crippen LogP contribution in [0.1, 0.15) is 15.9 Å². The Hall–Kier alpha value is -2.22. The van der Waals surface area contributed by atoms with Crippen molar-refractivity contribution in [2.45, 2.75) is 0 Å². The number of anilines is 1.